The molecular weight excluding hydrogens is 370 g/mol. The van der Waals surface area contributed by atoms with Gasteiger partial charge in [0.1, 0.15) is 6.04 Å². The van der Waals surface area contributed by atoms with Gasteiger partial charge in [0.2, 0.25) is 11.8 Å². The zero-order chi connectivity index (χ0) is 20.8. The van der Waals surface area contributed by atoms with Crippen molar-refractivity contribution in [1.82, 2.24) is 15.5 Å². The second-order valence-corrected chi connectivity index (χ2v) is 8.04. The van der Waals surface area contributed by atoms with Gasteiger partial charge in [0.05, 0.1) is 6.61 Å². The summed E-state index contributed by atoms with van der Waals surface area (Å²) in [5.74, 6) is -0.115. The van der Waals surface area contributed by atoms with Gasteiger partial charge in [0.25, 0.3) is 5.91 Å². The molecule has 7 heteroatoms. The van der Waals surface area contributed by atoms with Gasteiger partial charge in [-0.3, -0.25) is 14.4 Å². The number of methoxy groups -OCH3 is 1. The van der Waals surface area contributed by atoms with Crippen LogP contribution < -0.4 is 10.6 Å². The molecule has 1 saturated heterocycles. The third kappa shape index (κ3) is 5.79. The van der Waals surface area contributed by atoms with Crippen molar-refractivity contribution in [3.8, 4) is 0 Å². The van der Waals surface area contributed by atoms with Crippen molar-refractivity contribution >= 4 is 17.7 Å². The lowest BCUT2D eigenvalue weighted by atomic mass is 9.88. The predicted molar refractivity (Wildman–Crippen MR) is 109 cm³/mol. The molecule has 1 atom stereocenters. The standard InChI is InChI=1S/C22H31N3O4/c1-15-3-5-18(6-4-15)22(28)25-12-9-16(10-13-25)19(21(27)23-11-14-29-2)24-20(26)17-7-8-17/h3-6,16-17,19H,7-14H2,1-2H3,(H,23,27)(H,24,26)/t19-/m1/s1. The molecule has 7 nitrogen and oxygen atoms in total. The van der Waals surface area contributed by atoms with Crippen LogP contribution in [0.4, 0.5) is 0 Å². The molecule has 1 aromatic rings. The van der Waals surface area contributed by atoms with Crippen molar-refractivity contribution < 1.29 is 19.1 Å². The number of piperidine rings is 1. The second kappa shape index (κ2) is 9.87. The Morgan fingerprint density at radius 3 is 2.34 bits per heavy atom. The highest BCUT2D eigenvalue weighted by Crippen LogP contribution is 2.30. The Kier molecular flexibility index (Phi) is 7.25. The Labute approximate surface area is 172 Å². The Bertz CT molecular complexity index is 722. The summed E-state index contributed by atoms with van der Waals surface area (Å²) in [6.07, 6.45) is 3.16. The molecule has 1 aromatic carbocycles. The highest BCUT2D eigenvalue weighted by atomic mass is 16.5. The zero-order valence-corrected chi connectivity index (χ0v) is 17.3. The highest BCUT2D eigenvalue weighted by Gasteiger charge is 2.37. The van der Waals surface area contributed by atoms with Gasteiger partial charge in [-0.1, -0.05) is 17.7 Å². The number of likely N-dealkylation sites (tertiary alicyclic amines) is 1. The quantitative estimate of drug-likeness (QED) is 0.647. The number of carbonyl (C=O) groups is 3. The van der Waals surface area contributed by atoms with Crippen LogP contribution in [0.3, 0.4) is 0 Å². The van der Waals surface area contributed by atoms with E-state index in [2.05, 4.69) is 10.6 Å². The lowest BCUT2D eigenvalue weighted by Gasteiger charge is -2.36. The van der Waals surface area contributed by atoms with E-state index < -0.39 is 6.04 Å². The van der Waals surface area contributed by atoms with Gasteiger partial charge in [-0.05, 0) is 50.7 Å². The molecule has 0 bridgehead atoms. The van der Waals surface area contributed by atoms with Crippen molar-refractivity contribution in [2.75, 3.05) is 33.4 Å². The third-order valence-corrected chi connectivity index (χ3v) is 5.73. The van der Waals surface area contributed by atoms with Gasteiger partial charge in [-0.15, -0.1) is 0 Å². The fraction of sp³-hybridized carbons (Fsp3) is 0.591. The molecule has 1 heterocycles. The van der Waals surface area contributed by atoms with E-state index >= 15 is 0 Å². The Hall–Kier alpha value is -2.41. The summed E-state index contributed by atoms with van der Waals surface area (Å²) in [5, 5.41) is 5.81. The minimum absolute atomic E-state index is 0.0160. The molecular formula is C22H31N3O4. The van der Waals surface area contributed by atoms with Crippen LogP contribution in [0.1, 0.15) is 41.6 Å². The SMILES string of the molecule is COCCNC(=O)[C@H](NC(=O)C1CC1)C1CCN(C(=O)c2ccc(C)cc2)CC1. The molecule has 2 aliphatic rings. The molecule has 0 radical (unpaired) electrons. The first kappa shape index (κ1) is 21.3. The number of carbonyl (C=O) groups excluding carboxylic acids is 3. The number of aryl methyl sites for hydroxylation is 1. The Balaban J connectivity index is 1.59. The average molecular weight is 402 g/mol. The van der Waals surface area contributed by atoms with Crippen molar-refractivity contribution in [2.24, 2.45) is 11.8 Å². The van der Waals surface area contributed by atoms with Gasteiger partial charge in [-0.2, -0.15) is 0 Å². The number of ether oxygens (including phenoxy) is 1. The van der Waals surface area contributed by atoms with Crippen LogP contribution in [0.5, 0.6) is 0 Å². The first-order chi connectivity index (χ1) is 14.0. The maximum absolute atomic E-state index is 12.7. The Morgan fingerprint density at radius 1 is 1.10 bits per heavy atom. The van der Waals surface area contributed by atoms with E-state index in [9.17, 15) is 14.4 Å². The maximum Gasteiger partial charge on any atom is 0.253 e. The summed E-state index contributed by atoms with van der Waals surface area (Å²) in [5.41, 5.74) is 1.80. The Morgan fingerprint density at radius 2 is 1.76 bits per heavy atom. The minimum Gasteiger partial charge on any atom is -0.383 e. The van der Waals surface area contributed by atoms with E-state index in [1.54, 1.807) is 7.11 Å². The number of hydrogen-bond donors (Lipinski definition) is 2. The molecule has 1 aliphatic heterocycles. The predicted octanol–water partition coefficient (Wildman–Crippen LogP) is 1.50. The van der Waals surface area contributed by atoms with Crippen LogP contribution in [-0.4, -0.2) is 62.0 Å². The van der Waals surface area contributed by atoms with Gasteiger partial charge in [-0.25, -0.2) is 0 Å². The van der Waals surface area contributed by atoms with Crippen LogP contribution in [0.15, 0.2) is 24.3 Å². The zero-order valence-electron chi connectivity index (χ0n) is 17.3. The number of amides is 3. The summed E-state index contributed by atoms with van der Waals surface area (Å²) in [7, 11) is 1.58. The monoisotopic (exact) mass is 401 g/mol. The van der Waals surface area contributed by atoms with E-state index in [-0.39, 0.29) is 29.6 Å². The number of benzene rings is 1. The molecule has 0 unspecified atom stereocenters. The summed E-state index contributed by atoms with van der Waals surface area (Å²) in [6.45, 7) is 4.00. The summed E-state index contributed by atoms with van der Waals surface area (Å²) in [4.78, 5) is 39.6. The molecule has 3 amide bonds. The molecule has 1 saturated carbocycles. The third-order valence-electron chi connectivity index (χ3n) is 5.73. The summed E-state index contributed by atoms with van der Waals surface area (Å²) in [6, 6.07) is 7.02. The van der Waals surface area contributed by atoms with Gasteiger partial charge >= 0.3 is 0 Å². The van der Waals surface area contributed by atoms with E-state index in [1.165, 1.54) is 0 Å². The van der Waals surface area contributed by atoms with Crippen LogP contribution in [0, 0.1) is 18.8 Å². The second-order valence-electron chi connectivity index (χ2n) is 8.04. The van der Waals surface area contributed by atoms with E-state index in [1.807, 2.05) is 36.1 Å². The molecule has 1 aliphatic carbocycles. The highest BCUT2D eigenvalue weighted by molar-refractivity contribution is 5.94. The lowest BCUT2D eigenvalue weighted by molar-refractivity contribution is -0.131. The van der Waals surface area contributed by atoms with Crippen molar-refractivity contribution in [2.45, 2.75) is 38.6 Å². The van der Waals surface area contributed by atoms with E-state index in [0.29, 0.717) is 44.6 Å². The van der Waals surface area contributed by atoms with Crippen LogP contribution in [-0.2, 0) is 14.3 Å². The maximum atomic E-state index is 12.7. The fourth-order valence-corrected chi connectivity index (χ4v) is 3.71. The molecule has 0 spiro atoms. The first-order valence-electron chi connectivity index (χ1n) is 10.4. The van der Waals surface area contributed by atoms with Gasteiger partial charge < -0.3 is 20.3 Å². The normalized spacial score (nSPS) is 18.2. The summed E-state index contributed by atoms with van der Waals surface area (Å²) >= 11 is 0. The van der Waals surface area contributed by atoms with Crippen molar-refractivity contribution in [3.63, 3.8) is 0 Å². The van der Waals surface area contributed by atoms with E-state index in [0.717, 1.165) is 18.4 Å². The number of hydrogen-bond acceptors (Lipinski definition) is 4. The number of nitrogens with one attached hydrogen (secondary N) is 2. The molecule has 2 N–H and O–H groups in total. The lowest BCUT2D eigenvalue weighted by Crippen LogP contribution is -2.54. The average Bonchev–Trinajstić information content (AvgIpc) is 3.58. The smallest absolute Gasteiger partial charge is 0.253 e. The molecule has 2 fully saturated rings. The van der Waals surface area contributed by atoms with Crippen LogP contribution in [0.25, 0.3) is 0 Å². The number of nitrogens with zero attached hydrogens (tertiary/aromatic N) is 1. The molecule has 3 rings (SSSR count). The number of rotatable bonds is 8. The fourth-order valence-electron chi connectivity index (χ4n) is 3.71. The molecule has 158 valence electrons. The summed E-state index contributed by atoms with van der Waals surface area (Å²) < 4.78 is 4.99. The topological polar surface area (TPSA) is 87.7 Å². The van der Waals surface area contributed by atoms with Gasteiger partial charge in [0.15, 0.2) is 0 Å². The van der Waals surface area contributed by atoms with Crippen LogP contribution >= 0.6 is 0 Å². The first-order valence-corrected chi connectivity index (χ1v) is 10.4. The largest absolute Gasteiger partial charge is 0.383 e. The van der Waals surface area contributed by atoms with Crippen LogP contribution in [0.2, 0.25) is 0 Å². The van der Waals surface area contributed by atoms with Crippen molar-refractivity contribution in [1.29, 1.82) is 0 Å². The molecule has 0 aromatic heterocycles. The minimum atomic E-state index is -0.559. The van der Waals surface area contributed by atoms with Gasteiger partial charge in [0, 0.05) is 38.2 Å². The van der Waals surface area contributed by atoms with Crippen molar-refractivity contribution in [3.05, 3.63) is 35.4 Å². The molecule has 29 heavy (non-hydrogen) atoms. The van der Waals surface area contributed by atoms with E-state index in [4.69, 9.17) is 4.74 Å².